The van der Waals surface area contributed by atoms with Gasteiger partial charge in [0.1, 0.15) is 17.2 Å². The van der Waals surface area contributed by atoms with Crippen molar-refractivity contribution in [3.05, 3.63) is 39.8 Å². The number of aliphatic hydroxyl groups excluding tert-OH is 1. The molecule has 21 heavy (non-hydrogen) atoms. The number of carbonyl (C=O) groups excluding carboxylic acids is 1. The van der Waals surface area contributed by atoms with E-state index in [-0.39, 0.29) is 28.6 Å². The molecule has 0 spiro atoms. The minimum atomic E-state index is -0.636. The van der Waals surface area contributed by atoms with Crippen molar-refractivity contribution in [1.29, 1.82) is 0 Å². The van der Waals surface area contributed by atoms with Gasteiger partial charge in [0.15, 0.2) is 5.70 Å². The van der Waals surface area contributed by atoms with Gasteiger partial charge in [-0.05, 0) is 13.0 Å². The number of amides is 1. The monoisotopic (exact) mass is 294 g/mol. The highest BCUT2D eigenvalue weighted by atomic mass is 16.6. The average Bonchev–Trinajstić information content (AvgIpc) is 2.46. The molecular formula is C12H14N4O5. The van der Waals surface area contributed by atoms with Crippen LogP contribution in [0.15, 0.2) is 39.9 Å². The molecule has 1 rings (SSSR count). The van der Waals surface area contributed by atoms with Gasteiger partial charge in [-0.15, -0.1) is 10.2 Å². The van der Waals surface area contributed by atoms with Crippen LogP contribution < -0.4 is 10.1 Å². The lowest BCUT2D eigenvalue weighted by Gasteiger charge is -2.04. The number of carbonyl (C=O) groups is 1. The zero-order valence-electron chi connectivity index (χ0n) is 11.7. The maximum absolute atomic E-state index is 11.5. The topological polar surface area (TPSA) is 126 Å². The van der Waals surface area contributed by atoms with Crippen molar-refractivity contribution >= 4 is 17.3 Å². The Bertz CT molecular complexity index is 620. The van der Waals surface area contributed by atoms with E-state index < -0.39 is 10.8 Å². The fourth-order valence-electron chi connectivity index (χ4n) is 1.37. The van der Waals surface area contributed by atoms with Crippen molar-refractivity contribution in [1.82, 2.24) is 5.32 Å². The van der Waals surface area contributed by atoms with Gasteiger partial charge in [-0.25, -0.2) is 0 Å². The Morgan fingerprint density at radius 2 is 2.14 bits per heavy atom. The molecule has 0 unspecified atom stereocenters. The van der Waals surface area contributed by atoms with Gasteiger partial charge in [0.2, 0.25) is 0 Å². The van der Waals surface area contributed by atoms with E-state index >= 15 is 0 Å². The standard InChI is InChI=1S/C12H14N4O5/c1-7(17)11(12(18)13-2)15-14-9-6-8(16(19)20)4-5-10(9)21-3/h4-6,17H,1-3H3,(H,13,18). The summed E-state index contributed by atoms with van der Waals surface area (Å²) in [6.45, 7) is 1.27. The second-order valence-electron chi connectivity index (χ2n) is 3.83. The Kier molecular flexibility index (Phi) is 5.35. The molecule has 0 saturated heterocycles. The SMILES string of the molecule is CNC(=O)C(N=Nc1cc([N+](=O)[O-])ccc1OC)=C(C)O. The molecule has 2 N–H and O–H groups in total. The minimum absolute atomic E-state index is 0.0642. The lowest BCUT2D eigenvalue weighted by molar-refractivity contribution is -0.384. The van der Waals surface area contributed by atoms with Crippen LogP contribution in [0.4, 0.5) is 11.4 Å². The summed E-state index contributed by atoms with van der Waals surface area (Å²) in [7, 11) is 2.74. The van der Waals surface area contributed by atoms with Crippen molar-refractivity contribution in [2.24, 2.45) is 10.2 Å². The summed E-state index contributed by atoms with van der Waals surface area (Å²) in [6, 6.07) is 3.77. The molecule has 9 heteroatoms. The summed E-state index contributed by atoms with van der Waals surface area (Å²) in [6.07, 6.45) is 0. The first-order valence-corrected chi connectivity index (χ1v) is 5.76. The largest absolute Gasteiger partial charge is 0.510 e. The molecule has 0 heterocycles. The Labute approximate surface area is 120 Å². The number of rotatable bonds is 5. The third-order valence-electron chi connectivity index (χ3n) is 2.42. The van der Waals surface area contributed by atoms with Crippen LogP contribution >= 0.6 is 0 Å². The number of azo groups is 1. The number of allylic oxidation sites excluding steroid dienone is 1. The van der Waals surface area contributed by atoms with Gasteiger partial charge in [0.05, 0.1) is 12.0 Å². The highest BCUT2D eigenvalue weighted by molar-refractivity contribution is 5.93. The van der Waals surface area contributed by atoms with Crippen LogP contribution in [-0.4, -0.2) is 30.1 Å². The van der Waals surface area contributed by atoms with E-state index in [1.54, 1.807) is 0 Å². The Morgan fingerprint density at radius 3 is 2.62 bits per heavy atom. The number of benzene rings is 1. The third-order valence-corrected chi connectivity index (χ3v) is 2.42. The number of hydrogen-bond acceptors (Lipinski definition) is 7. The van der Waals surface area contributed by atoms with Crippen molar-refractivity contribution < 1.29 is 19.6 Å². The average molecular weight is 294 g/mol. The number of nitro benzene ring substituents is 1. The Balaban J connectivity index is 3.24. The fourth-order valence-corrected chi connectivity index (χ4v) is 1.37. The van der Waals surface area contributed by atoms with Crippen molar-refractivity contribution in [3.63, 3.8) is 0 Å². The van der Waals surface area contributed by atoms with E-state index in [0.29, 0.717) is 0 Å². The number of nitrogens with one attached hydrogen (secondary N) is 1. The molecule has 9 nitrogen and oxygen atoms in total. The number of nitrogens with zero attached hydrogens (tertiary/aromatic N) is 3. The molecule has 0 aliphatic rings. The van der Waals surface area contributed by atoms with E-state index in [1.165, 1.54) is 33.2 Å². The number of aliphatic hydroxyl groups is 1. The minimum Gasteiger partial charge on any atom is -0.510 e. The summed E-state index contributed by atoms with van der Waals surface area (Å²) in [5.74, 6) is -0.721. The molecule has 1 amide bonds. The van der Waals surface area contributed by atoms with Crippen molar-refractivity contribution in [2.45, 2.75) is 6.92 Å². The molecular weight excluding hydrogens is 280 g/mol. The molecule has 112 valence electrons. The quantitative estimate of drug-likeness (QED) is 0.283. The summed E-state index contributed by atoms with van der Waals surface area (Å²) in [5.41, 5.74) is -0.434. The molecule has 0 bridgehead atoms. The van der Waals surface area contributed by atoms with Crippen LogP contribution in [0.5, 0.6) is 5.75 Å². The fraction of sp³-hybridized carbons (Fsp3) is 0.250. The van der Waals surface area contributed by atoms with Crippen LogP contribution in [0.2, 0.25) is 0 Å². The Hall–Kier alpha value is -2.97. The first-order valence-electron chi connectivity index (χ1n) is 5.76. The number of hydrogen-bond donors (Lipinski definition) is 2. The number of methoxy groups -OCH3 is 1. The zero-order chi connectivity index (χ0) is 16.0. The molecule has 0 radical (unpaired) electrons. The van der Waals surface area contributed by atoms with Crippen LogP contribution in [0.3, 0.4) is 0 Å². The van der Waals surface area contributed by atoms with E-state index in [2.05, 4.69) is 15.5 Å². The molecule has 0 saturated carbocycles. The lowest BCUT2D eigenvalue weighted by Crippen LogP contribution is -2.20. The smallest absolute Gasteiger partial charge is 0.275 e. The zero-order valence-corrected chi connectivity index (χ0v) is 11.7. The second kappa shape index (κ2) is 6.98. The van der Waals surface area contributed by atoms with E-state index in [9.17, 15) is 20.0 Å². The van der Waals surface area contributed by atoms with Gasteiger partial charge in [0, 0.05) is 19.2 Å². The molecule has 1 aromatic carbocycles. The lowest BCUT2D eigenvalue weighted by atomic mass is 10.2. The van der Waals surface area contributed by atoms with Gasteiger partial charge in [0.25, 0.3) is 11.6 Å². The maximum Gasteiger partial charge on any atom is 0.275 e. The molecule has 0 aromatic heterocycles. The number of likely N-dealkylation sites (N-methyl/N-ethyl adjacent to an activating group) is 1. The molecule has 0 aliphatic carbocycles. The summed E-state index contributed by atoms with van der Waals surface area (Å²) in [5, 5.41) is 29.8. The molecule has 1 aromatic rings. The van der Waals surface area contributed by atoms with Crippen LogP contribution in [0, 0.1) is 10.1 Å². The van der Waals surface area contributed by atoms with Gasteiger partial charge >= 0.3 is 0 Å². The van der Waals surface area contributed by atoms with E-state index in [1.807, 2.05) is 0 Å². The van der Waals surface area contributed by atoms with E-state index in [0.717, 1.165) is 6.07 Å². The predicted molar refractivity (Wildman–Crippen MR) is 73.6 cm³/mol. The van der Waals surface area contributed by atoms with Crippen LogP contribution in [-0.2, 0) is 4.79 Å². The van der Waals surface area contributed by atoms with Gasteiger partial charge in [-0.1, -0.05) is 0 Å². The highest BCUT2D eigenvalue weighted by Crippen LogP contribution is 2.32. The first-order chi connectivity index (χ1) is 9.90. The Morgan fingerprint density at radius 1 is 1.48 bits per heavy atom. The van der Waals surface area contributed by atoms with E-state index in [4.69, 9.17) is 4.74 Å². The summed E-state index contributed by atoms with van der Waals surface area (Å²) >= 11 is 0. The third kappa shape index (κ3) is 4.00. The van der Waals surface area contributed by atoms with Crippen molar-refractivity contribution in [3.8, 4) is 5.75 Å². The molecule has 0 atom stereocenters. The number of non-ortho nitro benzene ring substituents is 1. The van der Waals surface area contributed by atoms with Gasteiger partial charge in [-0.2, -0.15) is 0 Å². The summed E-state index contributed by atoms with van der Waals surface area (Å²) < 4.78 is 5.00. The van der Waals surface area contributed by atoms with Crippen LogP contribution in [0.25, 0.3) is 0 Å². The predicted octanol–water partition coefficient (Wildman–Crippen LogP) is 2.22. The number of ether oxygens (including phenoxy) is 1. The van der Waals surface area contributed by atoms with Crippen LogP contribution in [0.1, 0.15) is 6.92 Å². The molecule has 0 aliphatic heterocycles. The van der Waals surface area contributed by atoms with Gasteiger partial charge in [-0.3, -0.25) is 14.9 Å². The normalized spacial score (nSPS) is 12.0. The summed E-state index contributed by atoms with van der Waals surface area (Å²) in [4.78, 5) is 21.6. The first kappa shape index (κ1) is 16.1. The second-order valence-corrected chi connectivity index (χ2v) is 3.83. The van der Waals surface area contributed by atoms with Crippen molar-refractivity contribution in [2.75, 3.05) is 14.2 Å². The molecule has 0 fully saturated rings. The maximum atomic E-state index is 11.5. The highest BCUT2D eigenvalue weighted by Gasteiger charge is 2.13. The number of nitro groups is 1. The van der Waals surface area contributed by atoms with Gasteiger partial charge < -0.3 is 15.2 Å².